The van der Waals surface area contributed by atoms with Crippen LogP contribution in [0.4, 0.5) is 19.0 Å². The van der Waals surface area contributed by atoms with Gasteiger partial charge in [0.25, 0.3) is 0 Å². The van der Waals surface area contributed by atoms with Gasteiger partial charge in [0.15, 0.2) is 5.82 Å². The molecule has 4 saturated heterocycles. The molecule has 0 unspecified atom stereocenters. The van der Waals surface area contributed by atoms with E-state index in [1.54, 1.807) is 0 Å². The number of terminal acetylenes is 1. The Labute approximate surface area is 262 Å². The molecule has 12 heteroatoms. The average Bonchev–Trinajstić information content (AvgIpc) is 3.68. The first-order chi connectivity index (χ1) is 22.3. The van der Waals surface area contributed by atoms with Crippen LogP contribution in [0.3, 0.4) is 0 Å². The standard InChI is InChI=1S/C34H31F3N6O3/c1-2-21-23(36)6-4-17-10-20(44)11-22(26(17)21)29-28(37)30-27-31(43-14-19-5-7-24(38-19)25(43)15-45-32(27)39-29)41-33(40-30)46-16-34-8-3-9-42(34)13-18(35)12-34/h1,4,6,10-11,18-19,24-25,38,44H,3,5,7-9,12-16H2/t18-,19-,24+,25+,34+/m1/s1. The molecule has 4 fully saturated rings. The molecule has 0 aliphatic carbocycles. The van der Waals surface area contributed by atoms with E-state index in [9.17, 15) is 13.9 Å². The zero-order chi connectivity index (χ0) is 31.3. The second-order valence-electron chi connectivity index (χ2n) is 13.2. The minimum Gasteiger partial charge on any atom is -0.508 e. The van der Waals surface area contributed by atoms with Gasteiger partial charge in [0.2, 0.25) is 5.88 Å². The SMILES string of the molecule is C#Cc1c(F)ccc2cc(O)cc(-c3nc4c5c(nc(OC[C@@]67CCCN6C[C@H](F)C7)nc5c3F)N3C[C@H]5CC[C@H](N5)[C@@H]3CO4)c12. The Morgan fingerprint density at radius 3 is 2.91 bits per heavy atom. The zero-order valence-corrected chi connectivity index (χ0v) is 24.9. The lowest BCUT2D eigenvalue weighted by Crippen LogP contribution is -2.60. The number of anilines is 1. The lowest BCUT2D eigenvalue weighted by Gasteiger charge is -2.40. The van der Waals surface area contributed by atoms with Crippen molar-refractivity contribution in [2.75, 3.05) is 37.7 Å². The van der Waals surface area contributed by atoms with Gasteiger partial charge in [-0.1, -0.05) is 12.0 Å². The van der Waals surface area contributed by atoms with E-state index in [4.69, 9.17) is 20.9 Å². The molecule has 0 saturated carbocycles. The normalized spacial score (nSPS) is 28.2. The molecule has 9 rings (SSSR count). The molecule has 9 nitrogen and oxygen atoms in total. The summed E-state index contributed by atoms with van der Waals surface area (Å²) in [6.07, 6.45) is 8.89. The summed E-state index contributed by atoms with van der Waals surface area (Å²) < 4.78 is 59.1. The van der Waals surface area contributed by atoms with Crippen LogP contribution in [-0.4, -0.2) is 87.6 Å². The molecule has 2 bridgehead atoms. The number of nitrogens with one attached hydrogen (secondary N) is 1. The number of benzene rings is 2. The molecule has 2 aromatic carbocycles. The number of piperazine rings is 1. The van der Waals surface area contributed by atoms with E-state index in [2.05, 4.69) is 31.0 Å². The largest absolute Gasteiger partial charge is 0.508 e. The number of hydrogen-bond acceptors (Lipinski definition) is 9. The zero-order valence-electron chi connectivity index (χ0n) is 24.9. The fourth-order valence-corrected chi connectivity index (χ4v) is 8.56. The second kappa shape index (κ2) is 10.1. The number of fused-ring (bicyclic) bond motifs is 7. The molecule has 5 aliphatic rings. The maximum absolute atomic E-state index is 17.0. The molecule has 2 N–H and O–H groups in total. The van der Waals surface area contributed by atoms with Crippen molar-refractivity contribution in [1.29, 1.82) is 0 Å². The van der Waals surface area contributed by atoms with Gasteiger partial charge in [-0.05, 0) is 55.8 Å². The van der Waals surface area contributed by atoms with Crippen LogP contribution in [0.2, 0.25) is 0 Å². The third-order valence-electron chi connectivity index (χ3n) is 10.6. The molecule has 2 aromatic heterocycles. The minimum atomic E-state index is -0.927. The number of phenols is 1. The number of aromatic hydroxyl groups is 1. The topological polar surface area (TPSA) is 95.9 Å². The number of ether oxygens (including phenoxy) is 2. The maximum Gasteiger partial charge on any atom is 0.319 e. The van der Waals surface area contributed by atoms with Gasteiger partial charge in [0.05, 0.1) is 17.1 Å². The highest BCUT2D eigenvalue weighted by Crippen LogP contribution is 2.45. The van der Waals surface area contributed by atoms with Crippen molar-refractivity contribution in [3.05, 3.63) is 41.5 Å². The van der Waals surface area contributed by atoms with Crippen LogP contribution in [0.5, 0.6) is 17.6 Å². The highest BCUT2D eigenvalue weighted by Gasteiger charge is 2.50. The van der Waals surface area contributed by atoms with E-state index < -0.39 is 23.3 Å². The van der Waals surface area contributed by atoms with Crippen molar-refractivity contribution in [3.8, 4) is 41.2 Å². The van der Waals surface area contributed by atoms with Gasteiger partial charge >= 0.3 is 6.01 Å². The van der Waals surface area contributed by atoms with Crippen molar-refractivity contribution < 1.29 is 27.8 Å². The molecule has 46 heavy (non-hydrogen) atoms. The maximum atomic E-state index is 17.0. The molecular weight excluding hydrogens is 597 g/mol. The minimum absolute atomic E-state index is 0.0179. The van der Waals surface area contributed by atoms with Gasteiger partial charge in [0, 0.05) is 42.5 Å². The van der Waals surface area contributed by atoms with Gasteiger partial charge < -0.3 is 24.8 Å². The Bertz CT molecular complexity index is 1990. The molecule has 236 valence electrons. The van der Waals surface area contributed by atoms with E-state index in [1.807, 2.05) is 0 Å². The molecule has 0 radical (unpaired) electrons. The summed E-state index contributed by atoms with van der Waals surface area (Å²) in [5, 5.41) is 15.3. The summed E-state index contributed by atoms with van der Waals surface area (Å²) in [5.41, 5.74) is -0.688. The number of hydrogen-bond donors (Lipinski definition) is 2. The molecule has 4 aromatic rings. The lowest BCUT2D eigenvalue weighted by atomic mass is 9.95. The number of aromatic nitrogens is 3. The van der Waals surface area contributed by atoms with E-state index in [1.165, 1.54) is 24.3 Å². The first-order valence-corrected chi connectivity index (χ1v) is 15.8. The van der Waals surface area contributed by atoms with E-state index in [0.29, 0.717) is 36.1 Å². The van der Waals surface area contributed by atoms with Crippen LogP contribution in [0.15, 0.2) is 24.3 Å². The van der Waals surface area contributed by atoms with E-state index in [0.717, 1.165) is 32.2 Å². The fraction of sp³-hybridized carbons (Fsp3) is 0.441. The Hall–Kier alpha value is -4.34. The summed E-state index contributed by atoms with van der Waals surface area (Å²) in [7, 11) is 0. The van der Waals surface area contributed by atoms with Crippen LogP contribution in [0.1, 0.15) is 37.7 Å². The predicted octanol–water partition coefficient (Wildman–Crippen LogP) is 4.47. The Morgan fingerprint density at radius 2 is 2.04 bits per heavy atom. The number of rotatable bonds is 4. The third-order valence-corrected chi connectivity index (χ3v) is 10.6. The second-order valence-corrected chi connectivity index (χ2v) is 13.2. The van der Waals surface area contributed by atoms with Crippen LogP contribution in [0, 0.1) is 24.0 Å². The van der Waals surface area contributed by atoms with Crippen molar-refractivity contribution in [2.24, 2.45) is 0 Å². The Morgan fingerprint density at radius 1 is 1.15 bits per heavy atom. The molecule has 5 aliphatic heterocycles. The van der Waals surface area contributed by atoms with Crippen molar-refractivity contribution in [3.63, 3.8) is 0 Å². The van der Waals surface area contributed by atoms with Crippen molar-refractivity contribution in [2.45, 2.75) is 61.9 Å². The summed E-state index contributed by atoms with van der Waals surface area (Å²) in [6, 6.07) is 5.72. The average molecular weight is 629 g/mol. The van der Waals surface area contributed by atoms with Crippen molar-refractivity contribution in [1.82, 2.24) is 25.2 Å². The van der Waals surface area contributed by atoms with E-state index >= 15 is 4.39 Å². The smallest absolute Gasteiger partial charge is 0.319 e. The van der Waals surface area contributed by atoms with Crippen LogP contribution in [0.25, 0.3) is 32.9 Å². The van der Waals surface area contributed by atoms with Crippen LogP contribution < -0.4 is 19.7 Å². The van der Waals surface area contributed by atoms with Crippen LogP contribution in [-0.2, 0) is 0 Å². The monoisotopic (exact) mass is 628 g/mol. The Kier molecular flexibility index (Phi) is 6.12. The number of alkyl halides is 1. The fourth-order valence-electron chi connectivity index (χ4n) is 8.56. The highest BCUT2D eigenvalue weighted by molar-refractivity contribution is 6.04. The summed E-state index contributed by atoms with van der Waals surface area (Å²) in [4.78, 5) is 18.4. The van der Waals surface area contributed by atoms with Crippen LogP contribution >= 0.6 is 0 Å². The number of pyridine rings is 1. The summed E-state index contributed by atoms with van der Waals surface area (Å²) >= 11 is 0. The first kappa shape index (κ1) is 27.9. The van der Waals surface area contributed by atoms with Gasteiger partial charge in [-0.25, -0.2) is 18.2 Å². The number of halogens is 3. The molecule has 0 spiro atoms. The van der Waals surface area contributed by atoms with Gasteiger partial charge in [-0.2, -0.15) is 9.97 Å². The van der Waals surface area contributed by atoms with Gasteiger partial charge in [0.1, 0.15) is 53.4 Å². The predicted molar refractivity (Wildman–Crippen MR) is 165 cm³/mol. The molecule has 7 heterocycles. The van der Waals surface area contributed by atoms with Gasteiger partial charge in [-0.15, -0.1) is 6.42 Å². The van der Waals surface area contributed by atoms with Gasteiger partial charge in [-0.3, -0.25) is 4.90 Å². The summed E-state index contributed by atoms with van der Waals surface area (Å²) in [6.45, 7) is 2.27. The van der Waals surface area contributed by atoms with E-state index in [-0.39, 0.29) is 76.7 Å². The van der Waals surface area contributed by atoms with Crippen molar-refractivity contribution >= 4 is 27.5 Å². The molecular formula is C34H31F3N6O3. The molecule has 0 amide bonds. The Balaban J connectivity index is 1.25. The number of nitrogens with zero attached hydrogens (tertiary/aromatic N) is 5. The first-order valence-electron chi connectivity index (χ1n) is 15.8. The quantitative estimate of drug-likeness (QED) is 0.318. The molecule has 5 atom stereocenters. The summed E-state index contributed by atoms with van der Waals surface area (Å²) in [5.74, 6) is 1.35. The third kappa shape index (κ3) is 4.07. The lowest BCUT2D eigenvalue weighted by molar-refractivity contribution is 0.107. The number of phenolic OH excluding ortho intramolecular Hbond substituents is 1. The highest BCUT2D eigenvalue weighted by atomic mass is 19.1.